The maximum atomic E-state index is 11.7. The maximum absolute atomic E-state index is 11.7. The van der Waals surface area contributed by atoms with Gasteiger partial charge in [0.05, 0.1) is 7.11 Å². The van der Waals surface area contributed by atoms with Crippen LogP contribution in [-0.2, 0) is 4.79 Å². The van der Waals surface area contributed by atoms with E-state index in [2.05, 4.69) is 5.32 Å². The Balaban J connectivity index is 0.00000324. The van der Waals surface area contributed by atoms with Crippen molar-refractivity contribution in [2.45, 2.75) is 32.1 Å². The molecule has 108 valence electrons. The van der Waals surface area contributed by atoms with Gasteiger partial charge in [0.1, 0.15) is 5.75 Å². The second-order valence-electron chi connectivity index (χ2n) is 4.23. The van der Waals surface area contributed by atoms with Crippen molar-refractivity contribution in [1.82, 2.24) is 0 Å². The van der Waals surface area contributed by atoms with E-state index in [4.69, 9.17) is 10.5 Å². The fourth-order valence-electron chi connectivity index (χ4n) is 1.71. The van der Waals surface area contributed by atoms with E-state index < -0.39 is 0 Å². The molecule has 0 aliphatic carbocycles. The third-order valence-electron chi connectivity index (χ3n) is 2.71. The normalized spacial score (nSPS) is 9.58. The maximum Gasteiger partial charge on any atom is 0.224 e. The molecule has 1 aromatic rings. The van der Waals surface area contributed by atoms with E-state index in [1.54, 1.807) is 7.11 Å². The Hall–Kier alpha value is -1.26. The number of hydrogen-bond donors (Lipinski definition) is 2. The Morgan fingerprint density at radius 2 is 2.00 bits per heavy atom. The molecule has 4 nitrogen and oxygen atoms in total. The molecule has 0 unspecified atom stereocenters. The zero-order valence-electron chi connectivity index (χ0n) is 11.4. The SMILES string of the molecule is COc1cccc(NC(=O)CCCCCCN)c1.Cl. The molecule has 5 heteroatoms. The van der Waals surface area contributed by atoms with Gasteiger partial charge in [-0.15, -0.1) is 12.4 Å². The van der Waals surface area contributed by atoms with Gasteiger partial charge in [-0.3, -0.25) is 4.79 Å². The number of nitrogens with one attached hydrogen (secondary N) is 1. The van der Waals surface area contributed by atoms with Crippen molar-refractivity contribution in [2.24, 2.45) is 5.73 Å². The minimum absolute atomic E-state index is 0. The van der Waals surface area contributed by atoms with Crippen LogP contribution in [0, 0.1) is 0 Å². The second kappa shape index (κ2) is 10.6. The van der Waals surface area contributed by atoms with Crippen LogP contribution in [0.2, 0.25) is 0 Å². The summed E-state index contributed by atoms with van der Waals surface area (Å²) in [6, 6.07) is 7.37. The Bertz CT molecular complexity index is 372. The molecule has 0 radical (unpaired) electrons. The van der Waals surface area contributed by atoms with E-state index in [0.29, 0.717) is 6.42 Å². The van der Waals surface area contributed by atoms with Gasteiger partial charge in [0.25, 0.3) is 0 Å². The summed E-state index contributed by atoms with van der Waals surface area (Å²) in [6.07, 6.45) is 4.67. The first-order chi connectivity index (χ1) is 8.76. The van der Waals surface area contributed by atoms with E-state index >= 15 is 0 Å². The lowest BCUT2D eigenvalue weighted by Crippen LogP contribution is -2.11. The standard InChI is InChI=1S/C14H22N2O2.ClH/c1-18-13-8-6-7-12(11-13)16-14(17)9-4-2-3-5-10-15;/h6-8,11H,2-5,9-10,15H2,1H3,(H,16,17);1H. The van der Waals surface area contributed by atoms with Crippen LogP contribution < -0.4 is 15.8 Å². The van der Waals surface area contributed by atoms with Gasteiger partial charge in [-0.25, -0.2) is 0 Å². The molecule has 0 saturated heterocycles. The van der Waals surface area contributed by atoms with E-state index in [0.717, 1.165) is 43.7 Å². The number of unbranched alkanes of at least 4 members (excludes halogenated alkanes) is 3. The summed E-state index contributed by atoms with van der Waals surface area (Å²) in [7, 11) is 1.61. The Morgan fingerprint density at radius 3 is 2.68 bits per heavy atom. The summed E-state index contributed by atoms with van der Waals surface area (Å²) < 4.78 is 5.10. The molecule has 0 aliphatic heterocycles. The zero-order chi connectivity index (χ0) is 13.2. The topological polar surface area (TPSA) is 64.3 Å². The molecule has 19 heavy (non-hydrogen) atoms. The summed E-state index contributed by atoms with van der Waals surface area (Å²) in [5, 5.41) is 2.86. The average Bonchev–Trinajstić information content (AvgIpc) is 2.38. The van der Waals surface area contributed by atoms with E-state index in [1.165, 1.54) is 0 Å². The molecule has 1 rings (SSSR count). The second-order valence-corrected chi connectivity index (χ2v) is 4.23. The number of amides is 1. The molecule has 3 N–H and O–H groups in total. The molecule has 0 spiro atoms. The summed E-state index contributed by atoms with van der Waals surface area (Å²) in [5.41, 5.74) is 6.19. The zero-order valence-corrected chi connectivity index (χ0v) is 12.2. The van der Waals surface area contributed by atoms with Crippen molar-refractivity contribution < 1.29 is 9.53 Å². The van der Waals surface area contributed by atoms with Crippen molar-refractivity contribution in [2.75, 3.05) is 19.0 Å². The van der Waals surface area contributed by atoms with Gasteiger partial charge < -0.3 is 15.8 Å². The van der Waals surface area contributed by atoms with E-state index in [1.807, 2.05) is 24.3 Å². The number of halogens is 1. The predicted octanol–water partition coefficient (Wildman–Crippen LogP) is 2.96. The average molecular weight is 287 g/mol. The number of carbonyl (C=O) groups excluding carboxylic acids is 1. The smallest absolute Gasteiger partial charge is 0.224 e. The molecule has 0 aromatic heterocycles. The number of hydrogen-bond acceptors (Lipinski definition) is 3. The van der Waals surface area contributed by atoms with Gasteiger partial charge in [0, 0.05) is 18.2 Å². The van der Waals surface area contributed by atoms with Crippen molar-refractivity contribution in [3.8, 4) is 5.75 Å². The first-order valence-electron chi connectivity index (χ1n) is 6.40. The number of rotatable bonds is 8. The van der Waals surface area contributed by atoms with Gasteiger partial charge >= 0.3 is 0 Å². The minimum Gasteiger partial charge on any atom is -0.497 e. The van der Waals surface area contributed by atoms with Crippen LogP contribution in [0.4, 0.5) is 5.69 Å². The van der Waals surface area contributed by atoms with Gasteiger partial charge in [0.15, 0.2) is 0 Å². The molecule has 0 heterocycles. The van der Waals surface area contributed by atoms with E-state index in [9.17, 15) is 4.79 Å². The number of anilines is 1. The monoisotopic (exact) mass is 286 g/mol. The first kappa shape index (κ1) is 17.7. The molecule has 1 aromatic carbocycles. The van der Waals surface area contributed by atoms with Crippen molar-refractivity contribution in [3.63, 3.8) is 0 Å². The van der Waals surface area contributed by atoms with Gasteiger partial charge in [0.2, 0.25) is 5.91 Å². The van der Waals surface area contributed by atoms with Crippen molar-refractivity contribution in [1.29, 1.82) is 0 Å². The first-order valence-corrected chi connectivity index (χ1v) is 6.40. The highest BCUT2D eigenvalue weighted by Gasteiger charge is 2.02. The van der Waals surface area contributed by atoms with Crippen LogP contribution in [0.3, 0.4) is 0 Å². The van der Waals surface area contributed by atoms with Crippen LogP contribution in [-0.4, -0.2) is 19.6 Å². The Kier molecular flexibility index (Phi) is 9.94. The lowest BCUT2D eigenvalue weighted by atomic mass is 10.1. The minimum atomic E-state index is 0. The highest BCUT2D eigenvalue weighted by molar-refractivity contribution is 5.90. The fourth-order valence-corrected chi connectivity index (χ4v) is 1.71. The number of benzene rings is 1. The van der Waals surface area contributed by atoms with Crippen LogP contribution in [0.25, 0.3) is 0 Å². The summed E-state index contributed by atoms with van der Waals surface area (Å²) in [4.78, 5) is 11.7. The van der Waals surface area contributed by atoms with Crippen molar-refractivity contribution >= 4 is 24.0 Å². The lowest BCUT2D eigenvalue weighted by molar-refractivity contribution is -0.116. The molecular formula is C14H23ClN2O2. The Labute approximate surface area is 121 Å². The molecule has 0 saturated carbocycles. The fraction of sp³-hybridized carbons (Fsp3) is 0.500. The molecular weight excluding hydrogens is 264 g/mol. The van der Waals surface area contributed by atoms with Gasteiger partial charge in [-0.05, 0) is 31.5 Å². The number of methoxy groups -OCH3 is 1. The van der Waals surface area contributed by atoms with Crippen LogP contribution >= 0.6 is 12.4 Å². The molecule has 0 fully saturated rings. The van der Waals surface area contributed by atoms with Crippen LogP contribution in [0.15, 0.2) is 24.3 Å². The molecule has 0 aliphatic rings. The summed E-state index contributed by atoms with van der Waals surface area (Å²) in [5.74, 6) is 0.798. The van der Waals surface area contributed by atoms with Gasteiger partial charge in [-0.2, -0.15) is 0 Å². The molecule has 0 bridgehead atoms. The van der Waals surface area contributed by atoms with E-state index in [-0.39, 0.29) is 18.3 Å². The number of ether oxygens (including phenoxy) is 1. The predicted molar refractivity (Wildman–Crippen MR) is 81.0 cm³/mol. The van der Waals surface area contributed by atoms with Crippen molar-refractivity contribution in [3.05, 3.63) is 24.3 Å². The quantitative estimate of drug-likeness (QED) is 0.722. The van der Waals surface area contributed by atoms with Crippen LogP contribution in [0.1, 0.15) is 32.1 Å². The Morgan fingerprint density at radius 1 is 1.26 bits per heavy atom. The van der Waals surface area contributed by atoms with Crippen LogP contribution in [0.5, 0.6) is 5.75 Å². The largest absolute Gasteiger partial charge is 0.497 e. The number of carbonyl (C=O) groups is 1. The highest BCUT2D eigenvalue weighted by atomic mass is 35.5. The lowest BCUT2D eigenvalue weighted by Gasteiger charge is -2.06. The summed E-state index contributed by atoms with van der Waals surface area (Å²) >= 11 is 0. The van der Waals surface area contributed by atoms with Gasteiger partial charge in [-0.1, -0.05) is 18.9 Å². The third kappa shape index (κ3) is 7.70. The number of nitrogens with two attached hydrogens (primary N) is 1. The third-order valence-corrected chi connectivity index (χ3v) is 2.71. The summed E-state index contributed by atoms with van der Waals surface area (Å²) in [6.45, 7) is 0.732. The highest BCUT2D eigenvalue weighted by Crippen LogP contribution is 2.17. The molecule has 1 amide bonds. The molecule has 0 atom stereocenters.